The molecule has 2 amide bonds. The number of carbonyl (C=O) groups excluding carboxylic acids is 2. The summed E-state index contributed by atoms with van der Waals surface area (Å²) >= 11 is 0. The van der Waals surface area contributed by atoms with E-state index in [0.29, 0.717) is 17.9 Å². The maximum atomic E-state index is 12.5. The molecule has 0 radical (unpaired) electrons. The Bertz CT molecular complexity index is 902. The number of hydrogen-bond donors (Lipinski definition) is 2. The van der Waals surface area contributed by atoms with Crippen molar-refractivity contribution in [2.24, 2.45) is 5.73 Å². The monoisotopic (exact) mass is 323 g/mol. The molecule has 0 aliphatic rings. The van der Waals surface area contributed by atoms with Gasteiger partial charge in [0.1, 0.15) is 12.0 Å². The Hall–Kier alpha value is -3.22. The van der Waals surface area contributed by atoms with Crippen LogP contribution in [0.5, 0.6) is 0 Å². The predicted octanol–water partition coefficient (Wildman–Crippen LogP) is 1.63. The minimum absolute atomic E-state index is 0.0392. The van der Waals surface area contributed by atoms with E-state index >= 15 is 0 Å². The van der Waals surface area contributed by atoms with Gasteiger partial charge in [0, 0.05) is 12.1 Å². The van der Waals surface area contributed by atoms with E-state index in [2.05, 4.69) is 15.3 Å². The number of primary amides is 1. The second-order valence-electron chi connectivity index (χ2n) is 5.30. The quantitative estimate of drug-likeness (QED) is 0.745. The summed E-state index contributed by atoms with van der Waals surface area (Å²) < 4.78 is 1.48. The zero-order valence-electron chi connectivity index (χ0n) is 13.2. The largest absolute Gasteiger partial charge is 0.364 e. The van der Waals surface area contributed by atoms with Crippen molar-refractivity contribution in [2.75, 3.05) is 6.54 Å². The van der Waals surface area contributed by atoms with Gasteiger partial charge in [0.25, 0.3) is 11.8 Å². The van der Waals surface area contributed by atoms with Gasteiger partial charge in [-0.3, -0.25) is 14.0 Å². The Labute approximate surface area is 138 Å². The van der Waals surface area contributed by atoms with Crippen LogP contribution in [0.25, 0.3) is 16.9 Å². The third-order valence-corrected chi connectivity index (χ3v) is 3.57. The van der Waals surface area contributed by atoms with Gasteiger partial charge in [-0.15, -0.1) is 0 Å². The van der Waals surface area contributed by atoms with Gasteiger partial charge in [0.15, 0.2) is 11.3 Å². The van der Waals surface area contributed by atoms with Gasteiger partial charge >= 0.3 is 0 Å². The summed E-state index contributed by atoms with van der Waals surface area (Å²) in [4.78, 5) is 32.5. The minimum Gasteiger partial charge on any atom is -0.364 e. The highest BCUT2D eigenvalue weighted by Crippen LogP contribution is 2.21. The van der Waals surface area contributed by atoms with Crippen LogP contribution in [0.3, 0.4) is 0 Å². The predicted molar refractivity (Wildman–Crippen MR) is 89.6 cm³/mol. The first-order valence-electron chi connectivity index (χ1n) is 7.63. The number of fused-ring (bicyclic) bond motifs is 1. The van der Waals surface area contributed by atoms with Gasteiger partial charge in [0.2, 0.25) is 0 Å². The maximum absolute atomic E-state index is 12.5. The number of carbonyl (C=O) groups is 2. The summed E-state index contributed by atoms with van der Waals surface area (Å²) in [6, 6.07) is 11.1. The lowest BCUT2D eigenvalue weighted by Crippen LogP contribution is -2.26. The normalized spacial score (nSPS) is 10.7. The van der Waals surface area contributed by atoms with Gasteiger partial charge in [-0.2, -0.15) is 0 Å². The Morgan fingerprint density at radius 1 is 1.25 bits per heavy atom. The Balaban J connectivity index is 2.21. The first-order chi connectivity index (χ1) is 11.6. The van der Waals surface area contributed by atoms with Crippen molar-refractivity contribution < 1.29 is 9.59 Å². The maximum Gasteiger partial charge on any atom is 0.271 e. The molecule has 0 aliphatic carbocycles. The van der Waals surface area contributed by atoms with Crippen molar-refractivity contribution in [3.63, 3.8) is 0 Å². The molecule has 0 saturated carbocycles. The van der Waals surface area contributed by atoms with E-state index in [1.807, 2.05) is 37.3 Å². The molecule has 7 nitrogen and oxygen atoms in total. The average Bonchev–Trinajstić information content (AvgIpc) is 3.03. The zero-order chi connectivity index (χ0) is 17.1. The highest BCUT2D eigenvalue weighted by atomic mass is 16.2. The summed E-state index contributed by atoms with van der Waals surface area (Å²) in [6.45, 7) is 2.53. The van der Waals surface area contributed by atoms with Crippen LogP contribution in [-0.4, -0.2) is 32.7 Å². The molecular formula is C17H17N5O2. The minimum atomic E-state index is -0.685. The van der Waals surface area contributed by atoms with Crippen LogP contribution in [0.4, 0.5) is 0 Å². The fraction of sp³-hybridized carbons (Fsp3) is 0.176. The first-order valence-corrected chi connectivity index (χ1v) is 7.63. The third kappa shape index (κ3) is 2.83. The van der Waals surface area contributed by atoms with Crippen LogP contribution in [0.1, 0.15) is 34.3 Å². The first kappa shape index (κ1) is 15.7. The molecule has 3 rings (SSSR count). The van der Waals surface area contributed by atoms with Crippen LogP contribution in [0.2, 0.25) is 0 Å². The van der Waals surface area contributed by atoms with Crippen molar-refractivity contribution >= 4 is 17.5 Å². The Kier molecular flexibility index (Phi) is 4.24. The number of rotatable bonds is 5. The van der Waals surface area contributed by atoms with Gasteiger partial charge in [0.05, 0.1) is 5.69 Å². The van der Waals surface area contributed by atoms with E-state index in [-0.39, 0.29) is 17.2 Å². The number of amides is 2. The number of nitrogens with zero attached hydrogens (tertiary/aromatic N) is 3. The van der Waals surface area contributed by atoms with Gasteiger partial charge in [-0.25, -0.2) is 9.97 Å². The number of imidazole rings is 1. The fourth-order valence-corrected chi connectivity index (χ4v) is 2.41. The molecule has 2 heterocycles. The topological polar surface area (TPSA) is 102 Å². The lowest BCUT2D eigenvalue weighted by atomic mass is 10.1. The molecule has 24 heavy (non-hydrogen) atoms. The van der Waals surface area contributed by atoms with E-state index in [0.717, 1.165) is 12.0 Å². The average molecular weight is 323 g/mol. The van der Waals surface area contributed by atoms with E-state index < -0.39 is 5.91 Å². The van der Waals surface area contributed by atoms with Crippen LogP contribution < -0.4 is 11.1 Å². The molecule has 0 fully saturated rings. The van der Waals surface area contributed by atoms with Crippen molar-refractivity contribution in [2.45, 2.75) is 13.3 Å². The third-order valence-electron chi connectivity index (χ3n) is 3.57. The van der Waals surface area contributed by atoms with Crippen molar-refractivity contribution in [1.82, 2.24) is 19.7 Å². The number of aromatic nitrogens is 3. The number of benzene rings is 1. The van der Waals surface area contributed by atoms with E-state index in [4.69, 9.17) is 5.73 Å². The number of nitrogens with two attached hydrogens (primary N) is 1. The second kappa shape index (κ2) is 6.49. The highest BCUT2D eigenvalue weighted by molar-refractivity contribution is 5.99. The number of hydrogen-bond acceptors (Lipinski definition) is 4. The van der Waals surface area contributed by atoms with E-state index in [9.17, 15) is 9.59 Å². The van der Waals surface area contributed by atoms with Crippen molar-refractivity contribution in [3.8, 4) is 11.3 Å². The van der Waals surface area contributed by atoms with Gasteiger partial charge in [-0.05, 0) is 12.5 Å². The summed E-state index contributed by atoms with van der Waals surface area (Å²) in [5.41, 5.74) is 7.44. The SMILES string of the molecule is CCCNC(=O)c1cc(-c2ccccc2)nc2c(C(N)=O)ncn12. The standard InChI is InChI=1S/C17H17N5O2/c1-2-8-19-17(24)13-9-12(11-6-4-3-5-7-11)21-16-14(15(18)23)20-10-22(13)16/h3-7,9-10H,2,8H2,1H3,(H2,18,23)(H,19,24). The van der Waals surface area contributed by atoms with Crippen LogP contribution in [0, 0.1) is 0 Å². The molecule has 0 spiro atoms. The van der Waals surface area contributed by atoms with Crippen LogP contribution in [0.15, 0.2) is 42.7 Å². The molecule has 0 aliphatic heterocycles. The second-order valence-corrected chi connectivity index (χ2v) is 5.30. The molecule has 3 N–H and O–H groups in total. The molecule has 0 bridgehead atoms. The summed E-state index contributed by atoms with van der Waals surface area (Å²) in [5, 5.41) is 2.83. The molecule has 3 aromatic rings. The molecule has 122 valence electrons. The van der Waals surface area contributed by atoms with Crippen molar-refractivity contribution in [1.29, 1.82) is 0 Å². The molecule has 7 heteroatoms. The zero-order valence-corrected chi connectivity index (χ0v) is 13.2. The molecule has 0 unspecified atom stereocenters. The molecule has 0 atom stereocenters. The lowest BCUT2D eigenvalue weighted by molar-refractivity contribution is 0.0945. The fourth-order valence-electron chi connectivity index (χ4n) is 2.41. The molecule has 0 saturated heterocycles. The van der Waals surface area contributed by atoms with Crippen LogP contribution in [-0.2, 0) is 0 Å². The van der Waals surface area contributed by atoms with Gasteiger partial charge < -0.3 is 11.1 Å². The Morgan fingerprint density at radius 2 is 2.00 bits per heavy atom. The van der Waals surface area contributed by atoms with Crippen molar-refractivity contribution in [3.05, 3.63) is 54.1 Å². The van der Waals surface area contributed by atoms with Crippen LogP contribution >= 0.6 is 0 Å². The Morgan fingerprint density at radius 3 is 2.67 bits per heavy atom. The summed E-state index contributed by atoms with van der Waals surface area (Å²) in [7, 11) is 0. The smallest absolute Gasteiger partial charge is 0.271 e. The molecular weight excluding hydrogens is 306 g/mol. The molecule has 1 aromatic carbocycles. The van der Waals surface area contributed by atoms with E-state index in [1.165, 1.54) is 10.7 Å². The lowest BCUT2D eigenvalue weighted by Gasteiger charge is -2.09. The summed E-state index contributed by atoms with van der Waals surface area (Å²) in [5.74, 6) is -0.940. The number of nitrogens with one attached hydrogen (secondary N) is 1. The van der Waals surface area contributed by atoms with E-state index in [1.54, 1.807) is 6.07 Å². The summed E-state index contributed by atoms with van der Waals surface area (Å²) in [6.07, 6.45) is 2.21. The molecule has 2 aromatic heterocycles. The highest BCUT2D eigenvalue weighted by Gasteiger charge is 2.19. The van der Waals surface area contributed by atoms with Gasteiger partial charge in [-0.1, -0.05) is 37.3 Å².